The first kappa shape index (κ1) is 31.0. The molecular weight excluding hydrogens is 384 g/mol. The first-order valence-corrected chi connectivity index (χ1v) is 11.4. The molecule has 30 heavy (non-hydrogen) atoms. The Kier molecular flexibility index (Phi) is 17.1. The summed E-state index contributed by atoms with van der Waals surface area (Å²) in [6, 6.07) is 0. The van der Waals surface area contributed by atoms with Crippen molar-refractivity contribution >= 4 is 11.9 Å². The van der Waals surface area contributed by atoms with Gasteiger partial charge in [0.25, 0.3) is 0 Å². The molecule has 2 unspecified atom stereocenters. The topological polar surface area (TPSA) is 82.1 Å². The molecule has 0 aromatic carbocycles. The van der Waals surface area contributed by atoms with E-state index in [-0.39, 0.29) is 22.7 Å². The third kappa shape index (κ3) is 15.7. The van der Waals surface area contributed by atoms with Gasteiger partial charge in [-0.1, -0.05) is 68.7 Å². The van der Waals surface area contributed by atoms with Crippen LogP contribution in [-0.4, -0.2) is 50.1 Å². The number of aliphatic carboxylic acids is 1. The molecule has 6 heteroatoms. The van der Waals surface area contributed by atoms with Gasteiger partial charge in [0.2, 0.25) is 0 Å². The summed E-state index contributed by atoms with van der Waals surface area (Å²) < 4.78 is 16.0. The van der Waals surface area contributed by atoms with E-state index in [2.05, 4.69) is 13.8 Å². The van der Waals surface area contributed by atoms with Gasteiger partial charge in [0.15, 0.2) is 0 Å². The molecule has 0 saturated carbocycles. The van der Waals surface area contributed by atoms with Crippen molar-refractivity contribution in [2.45, 2.75) is 88.0 Å². The Morgan fingerprint density at radius 2 is 1.17 bits per heavy atom. The first-order chi connectivity index (χ1) is 13.8. The van der Waals surface area contributed by atoms with Crippen LogP contribution in [0.1, 0.15) is 88.0 Å². The van der Waals surface area contributed by atoms with Gasteiger partial charge in [-0.3, -0.25) is 9.59 Å². The Hall–Kier alpha value is -1.14. The molecule has 2 atom stereocenters. The summed E-state index contributed by atoms with van der Waals surface area (Å²) in [6.45, 7) is 20.7. The smallest absolute Gasteiger partial charge is 0.311 e. The number of rotatable bonds is 13. The highest BCUT2D eigenvalue weighted by Gasteiger charge is 2.33. The summed E-state index contributed by atoms with van der Waals surface area (Å²) in [5.74, 6) is -1.49. The molecule has 0 heterocycles. The molecular formula is C24H48O6. The Morgan fingerprint density at radius 3 is 1.50 bits per heavy atom. The fourth-order valence-corrected chi connectivity index (χ4v) is 2.47. The number of hydrogen-bond donors (Lipinski definition) is 1. The van der Waals surface area contributed by atoms with Gasteiger partial charge in [0.1, 0.15) is 0 Å². The number of hydrogen-bond acceptors (Lipinski definition) is 5. The molecule has 1 N–H and O–H groups in total. The summed E-state index contributed by atoms with van der Waals surface area (Å²) in [5, 5.41) is 8.93. The van der Waals surface area contributed by atoms with E-state index in [1.807, 2.05) is 48.5 Å². The largest absolute Gasteiger partial charge is 0.481 e. The van der Waals surface area contributed by atoms with Crippen molar-refractivity contribution in [2.24, 2.45) is 22.7 Å². The minimum Gasteiger partial charge on any atom is -0.481 e. The molecule has 0 amide bonds. The van der Waals surface area contributed by atoms with Gasteiger partial charge in [-0.2, -0.15) is 0 Å². The Labute approximate surface area is 185 Å². The fourth-order valence-electron chi connectivity index (χ4n) is 2.47. The van der Waals surface area contributed by atoms with Gasteiger partial charge in [0.05, 0.1) is 31.7 Å². The molecule has 0 saturated heterocycles. The minimum absolute atomic E-state index is 0.114. The van der Waals surface area contributed by atoms with E-state index in [9.17, 15) is 9.59 Å². The number of carbonyl (C=O) groups is 2. The second kappa shape index (κ2) is 16.5. The number of carboxylic acids is 1. The van der Waals surface area contributed by atoms with E-state index >= 15 is 0 Å². The van der Waals surface area contributed by atoms with Crippen molar-refractivity contribution in [2.75, 3.05) is 33.0 Å². The van der Waals surface area contributed by atoms with Crippen LogP contribution in [0, 0.1) is 22.7 Å². The van der Waals surface area contributed by atoms with E-state index < -0.39 is 11.9 Å². The lowest BCUT2D eigenvalue weighted by Crippen LogP contribution is -2.34. The van der Waals surface area contributed by atoms with Crippen molar-refractivity contribution in [1.29, 1.82) is 0 Å². The summed E-state index contributed by atoms with van der Waals surface area (Å²) in [6.07, 6.45) is 3.87. The van der Waals surface area contributed by atoms with Crippen LogP contribution in [0.2, 0.25) is 0 Å². The third-order valence-corrected chi connectivity index (χ3v) is 4.68. The molecule has 6 nitrogen and oxygen atoms in total. The molecule has 0 aliphatic carbocycles. The highest BCUT2D eigenvalue weighted by Crippen LogP contribution is 2.28. The quantitative estimate of drug-likeness (QED) is 0.302. The number of esters is 1. The summed E-state index contributed by atoms with van der Waals surface area (Å²) in [7, 11) is 0. The van der Waals surface area contributed by atoms with Crippen molar-refractivity contribution in [3.8, 4) is 0 Å². The fraction of sp³-hybridized carbons (Fsp3) is 0.917. The lowest BCUT2D eigenvalue weighted by molar-refractivity contribution is -0.155. The summed E-state index contributed by atoms with van der Waals surface area (Å²) in [5.41, 5.74) is -0.351. The minimum atomic E-state index is -0.774. The van der Waals surface area contributed by atoms with Crippen LogP contribution in [0.5, 0.6) is 0 Å². The Balaban J connectivity index is 0. The number of unbranched alkanes of at least 4 members (excludes halogenated alkanes) is 1. The number of carbonyl (C=O) groups excluding carboxylic acids is 1. The molecule has 180 valence electrons. The Morgan fingerprint density at radius 1 is 0.733 bits per heavy atom. The van der Waals surface area contributed by atoms with Crippen LogP contribution in [0.15, 0.2) is 0 Å². The van der Waals surface area contributed by atoms with Crippen LogP contribution in [-0.2, 0) is 23.8 Å². The summed E-state index contributed by atoms with van der Waals surface area (Å²) in [4.78, 5) is 22.8. The van der Waals surface area contributed by atoms with E-state index in [1.165, 1.54) is 0 Å². The lowest BCUT2D eigenvalue weighted by atomic mass is 9.81. The van der Waals surface area contributed by atoms with E-state index in [0.29, 0.717) is 33.0 Å². The van der Waals surface area contributed by atoms with Gasteiger partial charge in [-0.05, 0) is 30.1 Å². The highest BCUT2D eigenvalue weighted by atomic mass is 16.5. The van der Waals surface area contributed by atoms with Crippen LogP contribution in [0.3, 0.4) is 0 Å². The molecule has 0 spiro atoms. The van der Waals surface area contributed by atoms with E-state index in [1.54, 1.807) is 0 Å². The molecule has 0 radical (unpaired) electrons. The molecule has 0 aliphatic rings. The zero-order chi connectivity index (χ0) is 23.8. The van der Waals surface area contributed by atoms with E-state index in [0.717, 1.165) is 25.7 Å². The van der Waals surface area contributed by atoms with Crippen LogP contribution < -0.4 is 0 Å². The predicted octanol–water partition coefficient (Wildman–Crippen LogP) is 5.58. The molecule has 0 aromatic rings. The second-order valence-corrected chi connectivity index (χ2v) is 9.85. The van der Waals surface area contributed by atoms with Crippen LogP contribution >= 0.6 is 0 Å². The second-order valence-electron chi connectivity index (χ2n) is 9.85. The highest BCUT2D eigenvalue weighted by molar-refractivity contribution is 5.73. The first-order valence-electron chi connectivity index (χ1n) is 11.4. The van der Waals surface area contributed by atoms with Gasteiger partial charge in [0, 0.05) is 13.2 Å². The predicted molar refractivity (Wildman–Crippen MR) is 122 cm³/mol. The van der Waals surface area contributed by atoms with Crippen molar-refractivity contribution in [1.82, 2.24) is 0 Å². The molecule has 0 aromatic heterocycles. The number of ether oxygens (including phenoxy) is 3. The standard InChI is InChI=1S/C14H28O3.C10H20O3/c1-6-8-10-17-13(15)12(14(3,4)5)11-16-9-7-2;1-5-6-13-7-8(9(11)12)10(2,3)4/h12H,6-11H2,1-5H3;8H,5-7H2,1-4H3,(H,11,12). The lowest BCUT2D eigenvalue weighted by Gasteiger charge is -2.28. The van der Waals surface area contributed by atoms with Gasteiger partial charge in [-0.25, -0.2) is 0 Å². The van der Waals surface area contributed by atoms with Gasteiger partial charge < -0.3 is 19.3 Å². The van der Waals surface area contributed by atoms with Crippen LogP contribution in [0.25, 0.3) is 0 Å². The number of carboxylic acid groups (broad SMARTS) is 1. The molecule has 0 fully saturated rings. The maximum atomic E-state index is 12.0. The van der Waals surface area contributed by atoms with Gasteiger partial charge >= 0.3 is 11.9 Å². The van der Waals surface area contributed by atoms with Crippen molar-refractivity contribution < 1.29 is 28.9 Å². The third-order valence-electron chi connectivity index (χ3n) is 4.68. The SMILES string of the molecule is CCCCOC(=O)C(COCCC)C(C)(C)C.CCCOCC(C(=O)O)C(C)(C)C. The molecule has 0 rings (SSSR count). The van der Waals surface area contributed by atoms with Crippen LogP contribution in [0.4, 0.5) is 0 Å². The molecule has 0 bridgehead atoms. The zero-order valence-electron chi connectivity index (χ0n) is 21.0. The zero-order valence-corrected chi connectivity index (χ0v) is 21.0. The average molecular weight is 433 g/mol. The van der Waals surface area contributed by atoms with E-state index in [4.69, 9.17) is 19.3 Å². The maximum absolute atomic E-state index is 12.0. The Bertz CT molecular complexity index is 448. The normalized spacial score (nSPS) is 13.8. The van der Waals surface area contributed by atoms with Gasteiger partial charge in [-0.15, -0.1) is 0 Å². The average Bonchev–Trinajstić information content (AvgIpc) is 2.60. The monoisotopic (exact) mass is 432 g/mol. The maximum Gasteiger partial charge on any atom is 0.311 e. The van der Waals surface area contributed by atoms with Crippen molar-refractivity contribution in [3.05, 3.63) is 0 Å². The van der Waals surface area contributed by atoms with Crippen molar-refractivity contribution in [3.63, 3.8) is 0 Å². The summed E-state index contributed by atoms with van der Waals surface area (Å²) >= 11 is 0. The molecule has 0 aliphatic heterocycles.